The molecule has 20 heavy (non-hydrogen) atoms. The van der Waals surface area contributed by atoms with Gasteiger partial charge in [0, 0.05) is 12.2 Å². The van der Waals surface area contributed by atoms with Crippen LogP contribution in [0.4, 0.5) is 0 Å². The Morgan fingerprint density at radius 1 is 1.10 bits per heavy atom. The van der Waals surface area contributed by atoms with Gasteiger partial charge in [-0.1, -0.05) is 50.3 Å². The van der Waals surface area contributed by atoms with Gasteiger partial charge in [-0.2, -0.15) is 5.10 Å². The first kappa shape index (κ1) is 13.4. The van der Waals surface area contributed by atoms with Crippen LogP contribution in [0.15, 0.2) is 42.6 Å². The van der Waals surface area contributed by atoms with Gasteiger partial charge in [-0.05, 0) is 30.5 Å². The lowest BCUT2D eigenvalue weighted by atomic mass is 9.84. The van der Waals surface area contributed by atoms with Crippen LogP contribution in [-0.2, 0) is 0 Å². The van der Waals surface area contributed by atoms with Gasteiger partial charge in [-0.3, -0.25) is 0 Å². The van der Waals surface area contributed by atoms with Gasteiger partial charge in [-0.25, -0.2) is 4.68 Å². The summed E-state index contributed by atoms with van der Waals surface area (Å²) in [5.41, 5.74) is 8.44. The van der Waals surface area contributed by atoms with Crippen LogP contribution in [-0.4, -0.2) is 9.78 Å². The van der Waals surface area contributed by atoms with Crippen molar-refractivity contribution in [2.24, 2.45) is 11.7 Å². The van der Waals surface area contributed by atoms with Crippen LogP contribution in [0.5, 0.6) is 0 Å². The van der Waals surface area contributed by atoms with Gasteiger partial charge in [0.05, 0.1) is 11.4 Å². The number of benzene rings is 1. The van der Waals surface area contributed by atoms with Gasteiger partial charge in [0.1, 0.15) is 0 Å². The molecule has 1 heterocycles. The molecule has 1 aliphatic carbocycles. The van der Waals surface area contributed by atoms with E-state index in [0.717, 1.165) is 23.7 Å². The molecule has 2 aromatic rings. The van der Waals surface area contributed by atoms with Crippen LogP contribution < -0.4 is 5.73 Å². The third kappa shape index (κ3) is 3.10. The number of hydrogen-bond acceptors (Lipinski definition) is 2. The Bertz CT molecular complexity index is 526. The summed E-state index contributed by atoms with van der Waals surface area (Å²) in [5, 5.41) is 4.64. The van der Waals surface area contributed by atoms with E-state index in [4.69, 9.17) is 5.73 Å². The van der Waals surface area contributed by atoms with Gasteiger partial charge in [0.2, 0.25) is 0 Å². The molecule has 2 N–H and O–H groups in total. The van der Waals surface area contributed by atoms with Crippen LogP contribution in [0.2, 0.25) is 0 Å². The Morgan fingerprint density at radius 3 is 2.60 bits per heavy atom. The lowest BCUT2D eigenvalue weighted by Crippen LogP contribution is -2.18. The summed E-state index contributed by atoms with van der Waals surface area (Å²) in [6.07, 6.45) is 9.90. The van der Waals surface area contributed by atoms with Gasteiger partial charge < -0.3 is 5.73 Å². The van der Waals surface area contributed by atoms with Gasteiger partial charge in [0.15, 0.2) is 0 Å². The summed E-state index contributed by atoms with van der Waals surface area (Å²) in [6, 6.07) is 12.3. The Kier molecular flexibility index (Phi) is 4.16. The fraction of sp³-hybridized carbons (Fsp3) is 0.471. The highest BCUT2D eigenvalue weighted by molar-refractivity contribution is 5.30. The highest BCUT2D eigenvalue weighted by Gasteiger charge is 2.19. The second-order valence-corrected chi connectivity index (χ2v) is 5.87. The molecule has 1 aromatic heterocycles. The van der Waals surface area contributed by atoms with Gasteiger partial charge >= 0.3 is 0 Å². The first-order chi connectivity index (χ1) is 9.83. The maximum absolute atomic E-state index is 6.34. The fourth-order valence-electron chi connectivity index (χ4n) is 3.16. The summed E-state index contributed by atoms with van der Waals surface area (Å²) < 4.78 is 1.91. The zero-order valence-corrected chi connectivity index (χ0v) is 11.9. The molecular weight excluding hydrogens is 246 g/mol. The molecule has 1 aromatic carbocycles. The van der Waals surface area contributed by atoms with Gasteiger partial charge in [0.25, 0.3) is 0 Å². The molecule has 1 fully saturated rings. The van der Waals surface area contributed by atoms with Crippen molar-refractivity contribution < 1.29 is 0 Å². The molecule has 106 valence electrons. The second-order valence-electron chi connectivity index (χ2n) is 5.87. The zero-order valence-electron chi connectivity index (χ0n) is 11.9. The Morgan fingerprint density at radius 2 is 1.85 bits per heavy atom. The monoisotopic (exact) mass is 269 g/mol. The van der Waals surface area contributed by atoms with Crippen molar-refractivity contribution in [3.8, 4) is 5.69 Å². The van der Waals surface area contributed by atoms with Crippen LogP contribution in [0.1, 0.15) is 50.3 Å². The number of nitrogens with zero attached hydrogens (tertiary/aromatic N) is 2. The van der Waals surface area contributed by atoms with Gasteiger partial charge in [-0.15, -0.1) is 0 Å². The maximum atomic E-state index is 6.34. The first-order valence-electron chi connectivity index (χ1n) is 7.69. The second kappa shape index (κ2) is 6.23. The van der Waals surface area contributed by atoms with E-state index >= 15 is 0 Å². The Labute approximate surface area is 120 Å². The molecule has 3 heteroatoms. The van der Waals surface area contributed by atoms with Crippen molar-refractivity contribution >= 4 is 0 Å². The molecule has 1 atom stereocenters. The number of hydrogen-bond donors (Lipinski definition) is 1. The standard InChI is InChI=1S/C17H23N3/c18-16(13-14-7-3-1-4-8-14)17-11-12-20(19-17)15-9-5-2-6-10-15/h2,5-6,9-12,14,16H,1,3-4,7-8,13,18H2. The number of nitrogens with two attached hydrogens (primary N) is 1. The topological polar surface area (TPSA) is 43.8 Å². The van der Waals surface area contributed by atoms with Crippen LogP contribution >= 0.6 is 0 Å². The third-order valence-corrected chi connectivity index (χ3v) is 4.32. The predicted octanol–water partition coefficient (Wildman–Crippen LogP) is 3.84. The molecule has 0 radical (unpaired) electrons. The molecule has 1 aliphatic rings. The van der Waals surface area contributed by atoms with E-state index in [2.05, 4.69) is 23.3 Å². The molecule has 0 saturated heterocycles. The normalized spacial score (nSPS) is 18.1. The van der Waals surface area contributed by atoms with E-state index in [0.29, 0.717) is 0 Å². The third-order valence-electron chi connectivity index (χ3n) is 4.32. The van der Waals surface area contributed by atoms with E-state index in [1.807, 2.05) is 29.1 Å². The minimum atomic E-state index is 0.0723. The quantitative estimate of drug-likeness (QED) is 0.916. The molecule has 3 rings (SSSR count). The molecule has 1 saturated carbocycles. The summed E-state index contributed by atoms with van der Waals surface area (Å²) in [7, 11) is 0. The van der Waals surface area contributed by atoms with E-state index in [-0.39, 0.29) is 6.04 Å². The minimum Gasteiger partial charge on any atom is -0.323 e. The summed E-state index contributed by atoms with van der Waals surface area (Å²) in [4.78, 5) is 0. The molecular formula is C17H23N3. The van der Waals surface area contributed by atoms with Crippen molar-refractivity contribution in [2.75, 3.05) is 0 Å². The maximum Gasteiger partial charge on any atom is 0.0796 e. The SMILES string of the molecule is NC(CC1CCCCC1)c1ccn(-c2ccccc2)n1. The number of para-hydroxylation sites is 1. The fourth-order valence-corrected chi connectivity index (χ4v) is 3.16. The van der Waals surface area contributed by atoms with Crippen LogP contribution in [0.3, 0.4) is 0 Å². The van der Waals surface area contributed by atoms with Crippen LogP contribution in [0.25, 0.3) is 5.69 Å². The lowest BCUT2D eigenvalue weighted by molar-refractivity contribution is 0.317. The minimum absolute atomic E-state index is 0.0723. The van der Waals surface area contributed by atoms with Crippen molar-refractivity contribution in [1.29, 1.82) is 0 Å². The molecule has 0 aliphatic heterocycles. The van der Waals surface area contributed by atoms with Crippen molar-refractivity contribution in [1.82, 2.24) is 9.78 Å². The van der Waals surface area contributed by atoms with Crippen LogP contribution in [0, 0.1) is 5.92 Å². The number of rotatable bonds is 4. The Hall–Kier alpha value is -1.61. The van der Waals surface area contributed by atoms with Crippen molar-refractivity contribution in [3.05, 3.63) is 48.3 Å². The lowest BCUT2D eigenvalue weighted by Gasteiger charge is -2.23. The van der Waals surface area contributed by atoms with E-state index in [1.54, 1.807) is 0 Å². The zero-order chi connectivity index (χ0) is 13.8. The molecule has 1 unspecified atom stereocenters. The van der Waals surface area contributed by atoms with E-state index in [1.165, 1.54) is 32.1 Å². The first-order valence-corrected chi connectivity index (χ1v) is 7.69. The number of aromatic nitrogens is 2. The molecule has 3 nitrogen and oxygen atoms in total. The Balaban J connectivity index is 1.66. The largest absolute Gasteiger partial charge is 0.323 e. The highest BCUT2D eigenvalue weighted by atomic mass is 15.3. The summed E-state index contributed by atoms with van der Waals surface area (Å²) in [5.74, 6) is 0.792. The smallest absolute Gasteiger partial charge is 0.0796 e. The van der Waals surface area contributed by atoms with E-state index in [9.17, 15) is 0 Å². The summed E-state index contributed by atoms with van der Waals surface area (Å²) in [6.45, 7) is 0. The molecule has 0 spiro atoms. The van der Waals surface area contributed by atoms with Crippen molar-refractivity contribution in [3.63, 3.8) is 0 Å². The van der Waals surface area contributed by atoms with E-state index < -0.39 is 0 Å². The highest BCUT2D eigenvalue weighted by Crippen LogP contribution is 2.30. The molecule has 0 amide bonds. The van der Waals surface area contributed by atoms with Crippen molar-refractivity contribution in [2.45, 2.75) is 44.6 Å². The average Bonchev–Trinajstić information content (AvgIpc) is 2.99. The summed E-state index contributed by atoms with van der Waals surface area (Å²) >= 11 is 0. The predicted molar refractivity (Wildman–Crippen MR) is 81.7 cm³/mol. The molecule has 0 bridgehead atoms. The average molecular weight is 269 g/mol.